The molecule has 0 bridgehead atoms. The number of amides is 2. The lowest BCUT2D eigenvalue weighted by molar-refractivity contribution is -0.121. The number of rotatable bonds is 4. The number of halogens is 1. The van der Waals surface area contributed by atoms with Crippen molar-refractivity contribution in [3.63, 3.8) is 0 Å². The third-order valence-electron chi connectivity index (χ3n) is 4.81. The Balaban J connectivity index is 1.86. The maximum atomic E-state index is 12.9. The van der Waals surface area contributed by atoms with Gasteiger partial charge in [0.1, 0.15) is 16.5 Å². The minimum absolute atomic E-state index is 0.00360. The molecule has 0 saturated heterocycles. The van der Waals surface area contributed by atoms with E-state index in [1.807, 2.05) is 11.9 Å². The molecule has 2 aliphatic rings. The summed E-state index contributed by atoms with van der Waals surface area (Å²) in [6.07, 6.45) is 5.55. The Hall–Kier alpha value is -2.01. The van der Waals surface area contributed by atoms with Gasteiger partial charge in [0, 0.05) is 13.1 Å². The average Bonchev–Trinajstić information content (AvgIpc) is 2.84. The average molecular weight is 349 g/mol. The Morgan fingerprint density at radius 3 is 2.29 bits per heavy atom. The second-order valence-electron chi connectivity index (χ2n) is 6.21. The van der Waals surface area contributed by atoms with Gasteiger partial charge in [0.25, 0.3) is 11.8 Å². The van der Waals surface area contributed by atoms with Crippen molar-refractivity contribution >= 4 is 29.1 Å². The highest BCUT2D eigenvalue weighted by Gasteiger charge is 2.41. The molecule has 0 N–H and O–H groups in total. The lowest BCUT2D eigenvalue weighted by atomic mass is 9.94. The largest absolute Gasteiger partial charge is 0.497 e. The van der Waals surface area contributed by atoms with Gasteiger partial charge < -0.3 is 9.64 Å². The number of imide groups is 1. The molecule has 5 nitrogen and oxygen atoms in total. The molecule has 128 valence electrons. The van der Waals surface area contributed by atoms with Crippen LogP contribution in [0.4, 0.5) is 5.69 Å². The van der Waals surface area contributed by atoms with Gasteiger partial charge in [-0.25, -0.2) is 4.90 Å². The van der Waals surface area contributed by atoms with Gasteiger partial charge in [-0.1, -0.05) is 30.9 Å². The monoisotopic (exact) mass is 348 g/mol. The Labute approximate surface area is 146 Å². The van der Waals surface area contributed by atoms with Gasteiger partial charge >= 0.3 is 0 Å². The van der Waals surface area contributed by atoms with Crippen LogP contribution in [-0.4, -0.2) is 36.9 Å². The number of hydrogen-bond donors (Lipinski definition) is 0. The number of hydrogen-bond acceptors (Lipinski definition) is 4. The molecule has 1 fully saturated rings. The van der Waals surface area contributed by atoms with Crippen LogP contribution >= 0.6 is 11.6 Å². The Morgan fingerprint density at radius 1 is 1.08 bits per heavy atom. The molecule has 0 radical (unpaired) electrons. The first-order chi connectivity index (χ1) is 11.5. The SMILES string of the molecule is COc1ccc(N2C(=O)C(Cl)=C(N(C)C3CCCCC3)C2=O)cc1. The lowest BCUT2D eigenvalue weighted by Gasteiger charge is -2.33. The standard InChI is InChI=1S/C18H21ClN2O3/c1-20(12-6-4-3-5-7-12)16-15(19)17(22)21(18(16)23)13-8-10-14(24-2)11-9-13/h8-12H,3-7H2,1-2H3. The van der Waals surface area contributed by atoms with Crippen LogP contribution in [0, 0.1) is 0 Å². The number of anilines is 1. The summed E-state index contributed by atoms with van der Waals surface area (Å²) in [6, 6.07) is 7.05. The second-order valence-corrected chi connectivity index (χ2v) is 6.59. The van der Waals surface area contributed by atoms with E-state index in [0.717, 1.165) is 30.6 Å². The number of likely N-dealkylation sites (N-methyl/N-ethyl adjacent to an activating group) is 1. The van der Waals surface area contributed by atoms with E-state index >= 15 is 0 Å². The number of methoxy groups -OCH3 is 1. The van der Waals surface area contributed by atoms with Crippen molar-refractivity contribution in [1.29, 1.82) is 0 Å². The molecule has 1 heterocycles. The number of nitrogens with zero attached hydrogens (tertiary/aromatic N) is 2. The predicted molar refractivity (Wildman–Crippen MR) is 93.0 cm³/mol. The molecule has 6 heteroatoms. The van der Waals surface area contributed by atoms with Crippen LogP contribution in [0.15, 0.2) is 35.0 Å². The van der Waals surface area contributed by atoms with Gasteiger partial charge in [-0.3, -0.25) is 9.59 Å². The molecule has 1 aliphatic carbocycles. The number of carbonyl (C=O) groups excluding carboxylic acids is 2. The molecule has 0 atom stereocenters. The summed E-state index contributed by atoms with van der Waals surface area (Å²) in [6.45, 7) is 0. The first-order valence-electron chi connectivity index (χ1n) is 8.20. The molecule has 0 aromatic heterocycles. The van der Waals surface area contributed by atoms with Crippen LogP contribution < -0.4 is 9.64 Å². The first-order valence-corrected chi connectivity index (χ1v) is 8.58. The molecular weight excluding hydrogens is 328 g/mol. The van der Waals surface area contributed by atoms with Crippen molar-refractivity contribution in [1.82, 2.24) is 4.90 Å². The van der Waals surface area contributed by atoms with Crippen molar-refractivity contribution < 1.29 is 14.3 Å². The van der Waals surface area contributed by atoms with Crippen molar-refractivity contribution in [2.24, 2.45) is 0 Å². The highest BCUT2D eigenvalue weighted by atomic mass is 35.5. The van der Waals surface area contributed by atoms with Crippen LogP contribution in [0.2, 0.25) is 0 Å². The van der Waals surface area contributed by atoms with Gasteiger partial charge in [-0.15, -0.1) is 0 Å². The van der Waals surface area contributed by atoms with Crippen LogP contribution in [0.5, 0.6) is 5.75 Å². The summed E-state index contributed by atoms with van der Waals surface area (Å²) in [4.78, 5) is 28.4. The maximum absolute atomic E-state index is 12.9. The van der Waals surface area contributed by atoms with Crippen molar-refractivity contribution in [2.75, 3.05) is 19.1 Å². The van der Waals surface area contributed by atoms with Crippen molar-refractivity contribution in [3.05, 3.63) is 35.0 Å². The normalized spacial score (nSPS) is 19.2. The molecule has 1 saturated carbocycles. The molecular formula is C18H21ClN2O3. The highest BCUT2D eigenvalue weighted by molar-refractivity contribution is 6.52. The van der Waals surface area contributed by atoms with Crippen LogP contribution in [-0.2, 0) is 9.59 Å². The molecule has 0 spiro atoms. The summed E-state index contributed by atoms with van der Waals surface area (Å²) >= 11 is 6.24. The Bertz CT molecular complexity index is 678. The molecule has 1 aliphatic heterocycles. The molecule has 3 rings (SSSR count). The zero-order valence-corrected chi connectivity index (χ0v) is 14.7. The Morgan fingerprint density at radius 2 is 1.71 bits per heavy atom. The van der Waals surface area contributed by atoms with E-state index in [1.165, 1.54) is 6.42 Å². The molecule has 1 aromatic carbocycles. The third-order valence-corrected chi connectivity index (χ3v) is 5.15. The van der Waals surface area contributed by atoms with Gasteiger partial charge in [-0.05, 0) is 37.1 Å². The van der Waals surface area contributed by atoms with E-state index in [0.29, 0.717) is 17.1 Å². The fourth-order valence-corrected chi connectivity index (χ4v) is 3.71. The summed E-state index contributed by atoms with van der Waals surface area (Å²) in [5.74, 6) is -0.163. The van der Waals surface area contributed by atoms with E-state index < -0.39 is 5.91 Å². The minimum atomic E-state index is -0.468. The summed E-state index contributed by atoms with van der Waals surface area (Å²) in [5.41, 5.74) is 0.806. The molecule has 0 unspecified atom stereocenters. The van der Waals surface area contributed by atoms with Gasteiger partial charge in [0.15, 0.2) is 0 Å². The lowest BCUT2D eigenvalue weighted by Crippen LogP contribution is -2.38. The Kier molecular flexibility index (Phi) is 4.81. The van der Waals surface area contributed by atoms with Crippen LogP contribution in [0.3, 0.4) is 0 Å². The van der Waals surface area contributed by atoms with E-state index in [2.05, 4.69) is 0 Å². The fourth-order valence-electron chi connectivity index (χ4n) is 3.41. The first kappa shape index (κ1) is 16.8. The summed E-state index contributed by atoms with van der Waals surface area (Å²) < 4.78 is 5.11. The van der Waals surface area contributed by atoms with Crippen LogP contribution in [0.25, 0.3) is 0 Å². The maximum Gasteiger partial charge on any atom is 0.283 e. The second kappa shape index (κ2) is 6.85. The molecule has 1 aromatic rings. The zero-order valence-electron chi connectivity index (χ0n) is 13.9. The molecule has 2 amide bonds. The third kappa shape index (κ3) is 2.88. The van der Waals surface area contributed by atoms with E-state index in [1.54, 1.807) is 31.4 Å². The van der Waals surface area contributed by atoms with Crippen molar-refractivity contribution in [2.45, 2.75) is 38.1 Å². The van der Waals surface area contributed by atoms with E-state index in [4.69, 9.17) is 16.3 Å². The number of ether oxygens (including phenoxy) is 1. The van der Waals surface area contributed by atoms with Gasteiger partial charge in [-0.2, -0.15) is 0 Å². The van der Waals surface area contributed by atoms with Gasteiger partial charge in [0.2, 0.25) is 0 Å². The molecule has 24 heavy (non-hydrogen) atoms. The van der Waals surface area contributed by atoms with E-state index in [-0.39, 0.29) is 17.0 Å². The van der Waals surface area contributed by atoms with Crippen LogP contribution in [0.1, 0.15) is 32.1 Å². The highest BCUT2D eigenvalue weighted by Crippen LogP contribution is 2.34. The smallest absolute Gasteiger partial charge is 0.283 e. The zero-order chi connectivity index (χ0) is 17.3. The number of carbonyl (C=O) groups is 2. The number of benzene rings is 1. The van der Waals surface area contributed by atoms with E-state index in [9.17, 15) is 9.59 Å². The van der Waals surface area contributed by atoms with Gasteiger partial charge in [0.05, 0.1) is 12.8 Å². The van der Waals surface area contributed by atoms with Crippen molar-refractivity contribution in [3.8, 4) is 5.75 Å². The quantitative estimate of drug-likeness (QED) is 0.783. The predicted octanol–water partition coefficient (Wildman–Crippen LogP) is 3.28. The summed E-state index contributed by atoms with van der Waals surface area (Å²) in [7, 11) is 3.42. The minimum Gasteiger partial charge on any atom is -0.497 e. The summed E-state index contributed by atoms with van der Waals surface area (Å²) in [5, 5.41) is 0.00360. The fraction of sp³-hybridized carbons (Fsp3) is 0.444. The topological polar surface area (TPSA) is 49.9 Å².